The van der Waals surface area contributed by atoms with Crippen LogP contribution in [-0.2, 0) is 11.8 Å². The van der Waals surface area contributed by atoms with Gasteiger partial charge in [-0.05, 0) is 42.5 Å². The van der Waals surface area contributed by atoms with Crippen molar-refractivity contribution in [2.45, 2.75) is 18.8 Å². The smallest absolute Gasteiger partial charge is 0.339 e. The summed E-state index contributed by atoms with van der Waals surface area (Å²) in [5, 5.41) is 6.50. The molecule has 0 spiro atoms. The monoisotopic (exact) mass is 394 g/mol. The molecule has 144 valence electrons. The van der Waals surface area contributed by atoms with Crippen molar-refractivity contribution in [3.05, 3.63) is 75.1 Å². The second-order valence-electron chi connectivity index (χ2n) is 6.88. The van der Waals surface area contributed by atoms with Gasteiger partial charge < -0.3 is 4.90 Å². The van der Waals surface area contributed by atoms with E-state index in [2.05, 4.69) is 5.10 Å². The van der Waals surface area contributed by atoms with Crippen molar-refractivity contribution >= 4 is 23.3 Å². The molecule has 1 aromatic carbocycles. The molecule has 0 atom stereocenters. The van der Waals surface area contributed by atoms with Crippen molar-refractivity contribution in [1.29, 1.82) is 0 Å². The van der Waals surface area contributed by atoms with E-state index in [0.717, 1.165) is 29.2 Å². The molecule has 1 aliphatic rings. The summed E-state index contributed by atoms with van der Waals surface area (Å²) in [6, 6.07) is 13.6. The summed E-state index contributed by atoms with van der Waals surface area (Å²) in [6.07, 6.45) is 5.10. The van der Waals surface area contributed by atoms with Gasteiger partial charge in [-0.1, -0.05) is 24.3 Å². The van der Waals surface area contributed by atoms with E-state index in [0.29, 0.717) is 13.1 Å². The Balaban J connectivity index is 1.48. The number of thiophene rings is 1. The topological polar surface area (TPSA) is 60.1 Å². The highest BCUT2D eigenvalue weighted by Crippen LogP contribution is 2.27. The first-order valence-corrected chi connectivity index (χ1v) is 10.2. The van der Waals surface area contributed by atoms with Crippen molar-refractivity contribution in [1.82, 2.24) is 19.2 Å². The van der Waals surface area contributed by atoms with Gasteiger partial charge in [0.2, 0.25) is 5.91 Å². The summed E-state index contributed by atoms with van der Waals surface area (Å²) in [4.78, 5) is 28.0. The summed E-state index contributed by atoms with van der Waals surface area (Å²) in [7, 11) is 1.68. The number of likely N-dealkylation sites (tertiary alicyclic amines) is 1. The van der Waals surface area contributed by atoms with Crippen LogP contribution in [0, 0.1) is 0 Å². The summed E-state index contributed by atoms with van der Waals surface area (Å²) in [5.74, 6) is 0.965. The van der Waals surface area contributed by atoms with Crippen molar-refractivity contribution in [2.24, 2.45) is 7.05 Å². The summed E-state index contributed by atoms with van der Waals surface area (Å²) in [6.45, 7) is 1.33. The lowest BCUT2D eigenvalue weighted by Gasteiger charge is -2.30. The van der Waals surface area contributed by atoms with Gasteiger partial charge in [-0.3, -0.25) is 4.79 Å². The number of hydrogen-bond acceptors (Lipinski definition) is 4. The molecule has 0 N–H and O–H groups in total. The molecular formula is C21H22N4O2S. The van der Waals surface area contributed by atoms with Crippen molar-refractivity contribution in [3.63, 3.8) is 0 Å². The minimum Gasteiger partial charge on any atom is -0.339 e. The molecule has 1 aliphatic heterocycles. The highest BCUT2D eigenvalue weighted by atomic mass is 32.1. The molecule has 3 heterocycles. The van der Waals surface area contributed by atoms with E-state index in [-0.39, 0.29) is 17.5 Å². The Labute approximate surface area is 167 Å². The molecule has 4 rings (SSSR count). The minimum atomic E-state index is -0.140. The first-order chi connectivity index (χ1) is 13.6. The van der Waals surface area contributed by atoms with Gasteiger partial charge in [0.1, 0.15) is 5.82 Å². The predicted octanol–water partition coefficient (Wildman–Crippen LogP) is 3.05. The SMILES string of the molecule is Cn1nc(C2CCN(C(=O)C=Cc3cccs3)CC2)n(-c2ccccc2)c1=O. The van der Waals surface area contributed by atoms with Crippen LogP contribution in [0.4, 0.5) is 0 Å². The normalized spacial score (nSPS) is 15.4. The van der Waals surface area contributed by atoms with E-state index < -0.39 is 0 Å². The molecule has 0 unspecified atom stereocenters. The van der Waals surface area contributed by atoms with Crippen LogP contribution in [0.25, 0.3) is 11.8 Å². The molecule has 2 aromatic heterocycles. The molecule has 0 saturated carbocycles. The molecule has 1 amide bonds. The number of carbonyl (C=O) groups is 1. The molecule has 28 heavy (non-hydrogen) atoms. The van der Waals surface area contributed by atoms with E-state index in [4.69, 9.17) is 0 Å². The van der Waals surface area contributed by atoms with Crippen LogP contribution in [0.3, 0.4) is 0 Å². The van der Waals surface area contributed by atoms with Gasteiger partial charge in [0.25, 0.3) is 0 Å². The molecular weight excluding hydrogens is 372 g/mol. The molecule has 3 aromatic rings. The third-order valence-electron chi connectivity index (χ3n) is 5.07. The zero-order chi connectivity index (χ0) is 19.5. The number of hydrogen-bond donors (Lipinski definition) is 0. The van der Waals surface area contributed by atoms with Crippen molar-refractivity contribution in [2.75, 3.05) is 13.1 Å². The van der Waals surface area contributed by atoms with Crippen LogP contribution in [0.15, 0.2) is 58.7 Å². The summed E-state index contributed by atoms with van der Waals surface area (Å²) in [5.41, 5.74) is 0.687. The fraction of sp³-hybridized carbons (Fsp3) is 0.286. The van der Waals surface area contributed by atoms with Crippen LogP contribution >= 0.6 is 11.3 Å². The first-order valence-electron chi connectivity index (χ1n) is 9.35. The van der Waals surface area contributed by atoms with Crippen LogP contribution in [-0.4, -0.2) is 38.2 Å². The predicted molar refractivity (Wildman–Crippen MR) is 111 cm³/mol. The van der Waals surface area contributed by atoms with Gasteiger partial charge in [-0.2, -0.15) is 5.10 Å². The highest BCUT2D eigenvalue weighted by Gasteiger charge is 2.28. The van der Waals surface area contributed by atoms with E-state index in [9.17, 15) is 9.59 Å². The molecule has 0 radical (unpaired) electrons. The zero-order valence-electron chi connectivity index (χ0n) is 15.7. The van der Waals surface area contributed by atoms with Gasteiger partial charge in [-0.25, -0.2) is 14.0 Å². The lowest BCUT2D eigenvalue weighted by Crippen LogP contribution is -2.37. The number of para-hydroxylation sites is 1. The highest BCUT2D eigenvalue weighted by molar-refractivity contribution is 7.10. The second-order valence-corrected chi connectivity index (χ2v) is 7.86. The third-order valence-corrected chi connectivity index (χ3v) is 5.91. The number of piperidine rings is 1. The Morgan fingerprint density at radius 1 is 1.14 bits per heavy atom. The fourth-order valence-electron chi connectivity index (χ4n) is 3.57. The number of aryl methyl sites for hydroxylation is 1. The van der Waals surface area contributed by atoms with Crippen molar-refractivity contribution < 1.29 is 4.79 Å². The van der Waals surface area contributed by atoms with Gasteiger partial charge in [0, 0.05) is 37.0 Å². The van der Waals surface area contributed by atoms with E-state index >= 15 is 0 Å². The molecule has 6 nitrogen and oxygen atoms in total. The minimum absolute atomic E-state index is 0.0355. The molecule has 1 saturated heterocycles. The van der Waals surface area contributed by atoms with Gasteiger partial charge in [-0.15, -0.1) is 11.3 Å². The number of carbonyl (C=O) groups excluding carboxylic acids is 1. The molecule has 0 bridgehead atoms. The third kappa shape index (κ3) is 3.71. The maximum atomic E-state index is 12.6. The van der Waals surface area contributed by atoms with Crippen LogP contribution in [0.2, 0.25) is 0 Å². The fourth-order valence-corrected chi connectivity index (χ4v) is 4.19. The van der Waals surface area contributed by atoms with Crippen molar-refractivity contribution in [3.8, 4) is 5.69 Å². The van der Waals surface area contributed by atoms with Gasteiger partial charge in [0.15, 0.2) is 0 Å². The van der Waals surface area contributed by atoms with Gasteiger partial charge >= 0.3 is 5.69 Å². The second kappa shape index (κ2) is 7.98. The number of benzene rings is 1. The summed E-state index contributed by atoms with van der Waals surface area (Å²) >= 11 is 1.61. The number of aromatic nitrogens is 3. The van der Waals surface area contributed by atoms with E-state index in [1.54, 1.807) is 29.0 Å². The van der Waals surface area contributed by atoms with Crippen LogP contribution in [0.1, 0.15) is 29.5 Å². The number of nitrogens with zero attached hydrogens (tertiary/aromatic N) is 4. The Morgan fingerprint density at radius 2 is 1.89 bits per heavy atom. The molecule has 1 fully saturated rings. The van der Waals surface area contributed by atoms with E-state index in [1.807, 2.05) is 58.8 Å². The first kappa shape index (κ1) is 18.4. The molecule has 7 heteroatoms. The maximum absolute atomic E-state index is 12.6. The lowest BCUT2D eigenvalue weighted by molar-refractivity contribution is -0.127. The standard InChI is InChI=1S/C21H22N4O2S/c1-23-21(27)25(17-6-3-2-4-7-17)20(22-23)16-11-13-24(14-12-16)19(26)10-9-18-8-5-15-28-18/h2-10,15-16H,11-14H2,1H3. The number of amides is 1. The average molecular weight is 395 g/mol. The van der Waals surface area contributed by atoms with E-state index in [1.165, 1.54) is 4.68 Å². The lowest BCUT2D eigenvalue weighted by atomic mass is 9.95. The summed E-state index contributed by atoms with van der Waals surface area (Å²) < 4.78 is 3.09. The Bertz CT molecular complexity index is 1030. The zero-order valence-corrected chi connectivity index (χ0v) is 16.5. The Kier molecular flexibility index (Phi) is 5.25. The van der Waals surface area contributed by atoms with Crippen LogP contribution in [0.5, 0.6) is 0 Å². The Morgan fingerprint density at radius 3 is 2.57 bits per heavy atom. The quantitative estimate of drug-likeness (QED) is 0.639. The van der Waals surface area contributed by atoms with Gasteiger partial charge in [0.05, 0.1) is 5.69 Å². The average Bonchev–Trinajstić information content (AvgIpc) is 3.35. The molecule has 0 aliphatic carbocycles. The number of rotatable bonds is 4. The largest absolute Gasteiger partial charge is 0.350 e. The Hall–Kier alpha value is -2.93. The maximum Gasteiger partial charge on any atom is 0.350 e. The van der Waals surface area contributed by atoms with Crippen LogP contribution < -0.4 is 5.69 Å².